The number of hydrogen-bond acceptors (Lipinski definition) is 8. The van der Waals surface area contributed by atoms with Crippen LogP contribution in [-0.2, 0) is 23.9 Å². The first-order valence-corrected chi connectivity index (χ1v) is 17.8. The number of aliphatic hydroxyl groups excluding tert-OH is 1. The molecule has 0 aliphatic carbocycles. The van der Waals surface area contributed by atoms with Gasteiger partial charge in [-0.15, -0.1) is 13.2 Å². The van der Waals surface area contributed by atoms with Crippen molar-refractivity contribution in [2.45, 2.75) is 50.0 Å². The van der Waals surface area contributed by atoms with E-state index in [1.807, 2.05) is 68.4 Å². The van der Waals surface area contributed by atoms with Crippen LogP contribution in [-0.4, -0.2) is 120 Å². The van der Waals surface area contributed by atoms with E-state index >= 15 is 9.59 Å². The highest BCUT2D eigenvalue weighted by atomic mass is 16.5. The Morgan fingerprint density at radius 1 is 1.04 bits per heavy atom. The Hall–Kier alpha value is -4.03. The summed E-state index contributed by atoms with van der Waals surface area (Å²) >= 11 is 0. The molecule has 4 fully saturated rings. The summed E-state index contributed by atoms with van der Waals surface area (Å²) in [6.45, 7) is 16.2. The van der Waals surface area contributed by atoms with Crippen molar-refractivity contribution in [2.24, 2.45) is 11.8 Å². The fourth-order valence-electron chi connectivity index (χ4n) is 8.60. The van der Waals surface area contributed by atoms with Gasteiger partial charge in [0.05, 0.1) is 49.9 Å². The Balaban J connectivity index is 1.40. The Morgan fingerprint density at radius 3 is 2.38 bits per heavy atom. The fraction of sp³-hybridized carbons (Fsp3) is 0.513. The summed E-state index contributed by atoms with van der Waals surface area (Å²) in [5.74, 6) is -2.00. The zero-order valence-corrected chi connectivity index (χ0v) is 29.2. The van der Waals surface area contributed by atoms with Crippen molar-refractivity contribution in [2.75, 3.05) is 70.6 Å². The zero-order valence-electron chi connectivity index (χ0n) is 29.2. The van der Waals surface area contributed by atoms with Gasteiger partial charge in [-0.05, 0) is 56.5 Å². The molecule has 0 aromatic heterocycles. The van der Waals surface area contributed by atoms with Crippen molar-refractivity contribution < 1.29 is 33.7 Å². The Morgan fingerprint density at radius 2 is 1.74 bits per heavy atom. The van der Waals surface area contributed by atoms with E-state index in [1.54, 1.807) is 22.0 Å². The normalized spacial score (nSPS) is 27.9. The third-order valence-corrected chi connectivity index (χ3v) is 10.9. The lowest BCUT2D eigenvalue weighted by atomic mass is 9.66. The van der Waals surface area contributed by atoms with Gasteiger partial charge < -0.3 is 34.0 Å². The highest BCUT2D eigenvalue weighted by Gasteiger charge is 2.79. The van der Waals surface area contributed by atoms with Gasteiger partial charge in [-0.2, -0.15) is 0 Å². The highest BCUT2D eigenvalue weighted by molar-refractivity contribution is 6.03. The van der Waals surface area contributed by atoms with Crippen LogP contribution in [0.4, 0.5) is 5.69 Å². The number of morpholine rings is 1. The predicted molar refractivity (Wildman–Crippen MR) is 190 cm³/mol. The van der Waals surface area contributed by atoms with E-state index in [0.717, 1.165) is 13.1 Å². The summed E-state index contributed by atoms with van der Waals surface area (Å²) in [5, 5.41) is 10.9. The average Bonchev–Trinajstić information content (AvgIpc) is 3.71. The molecule has 2 aromatic rings. The van der Waals surface area contributed by atoms with Crippen molar-refractivity contribution in [3.05, 3.63) is 85.5 Å². The molecule has 11 nitrogen and oxygen atoms in total. The number of hydrogen-bond donors (Lipinski definition) is 1. The Bertz CT molecular complexity index is 1550. The van der Waals surface area contributed by atoms with Crippen LogP contribution in [0, 0.1) is 11.8 Å². The molecule has 2 aromatic carbocycles. The maximum atomic E-state index is 15.1. The topological polar surface area (TPSA) is 112 Å². The lowest BCUT2D eigenvalue weighted by Crippen LogP contribution is -2.58. The van der Waals surface area contributed by atoms with E-state index in [0.29, 0.717) is 62.8 Å². The number of fused-ring (bicyclic) bond motifs is 1. The molecule has 1 N–H and O–H groups in total. The minimum atomic E-state index is -1.26. The number of carbonyl (C=O) groups excluding carboxylic acids is 3. The number of nitrogens with zero attached hydrogens (tertiary/aromatic N) is 4. The van der Waals surface area contributed by atoms with Gasteiger partial charge in [-0.25, -0.2) is 0 Å². The number of benzene rings is 2. The highest BCUT2D eigenvalue weighted by Crippen LogP contribution is 2.64. The molecule has 0 radical (unpaired) electrons. The summed E-state index contributed by atoms with van der Waals surface area (Å²) < 4.78 is 18.1. The average molecular weight is 687 g/mol. The number of carbonyl (C=O) groups is 3. The molecule has 4 heterocycles. The van der Waals surface area contributed by atoms with E-state index in [-0.39, 0.29) is 30.8 Å². The summed E-state index contributed by atoms with van der Waals surface area (Å²) in [4.78, 5) is 52.1. The van der Waals surface area contributed by atoms with E-state index in [1.165, 1.54) is 4.90 Å². The molecular weight excluding hydrogens is 636 g/mol. The molecular formula is C39H50N4O7. The Kier molecular flexibility index (Phi) is 10.8. The van der Waals surface area contributed by atoms with Crippen molar-refractivity contribution in [3.8, 4) is 5.75 Å². The second-order valence-electron chi connectivity index (χ2n) is 13.8. The summed E-state index contributed by atoms with van der Waals surface area (Å²) in [6.07, 6.45) is 4.28. The van der Waals surface area contributed by atoms with Gasteiger partial charge in [0.25, 0.3) is 0 Å². The SMILES string of the molecule is C=CCN(CCN1CCOCC1)C(=O)C1N([C@H](CO)c2ccccc2)C(=O)[C@@H]2[C@@H](C(=O)N(CC=C)c3ccc(OCC)cc3)[C@@]3(C)CCC12O3. The number of anilines is 1. The Labute approximate surface area is 295 Å². The smallest absolute Gasteiger partial charge is 0.248 e. The molecule has 3 amide bonds. The van der Waals surface area contributed by atoms with Crippen LogP contribution in [0.5, 0.6) is 5.75 Å². The number of rotatable bonds is 15. The fourth-order valence-corrected chi connectivity index (χ4v) is 8.60. The van der Waals surface area contributed by atoms with Gasteiger partial charge in [0.1, 0.15) is 17.4 Å². The molecule has 6 atom stereocenters. The first-order valence-electron chi connectivity index (χ1n) is 17.8. The second-order valence-corrected chi connectivity index (χ2v) is 13.8. The third-order valence-electron chi connectivity index (χ3n) is 10.9. The van der Waals surface area contributed by atoms with Crippen LogP contribution in [0.25, 0.3) is 0 Å². The molecule has 11 heteroatoms. The van der Waals surface area contributed by atoms with Crippen LogP contribution in [0.15, 0.2) is 79.9 Å². The molecule has 0 saturated carbocycles. The molecule has 4 aliphatic rings. The van der Waals surface area contributed by atoms with E-state index in [4.69, 9.17) is 14.2 Å². The van der Waals surface area contributed by atoms with Gasteiger partial charge in [0.15, 0.2) is 0 Å². The first kappa shape index (κ1) is 35.8. The molecule has 4 aliphatic heterocycles. The van der Waals surface area contributed by atoms with Crippen molar-refractivity contribution >= 4 is 23.4 Å². The summed E-state index contributed by atoms with van der Waals surface area (Å²) in [6, 6.07) is 14.7. The second kappa shape index (κ2) is 15.1. The lowest BCUT2D eigenvalue weighted by Gasteiger charge is -2.40. The first-order chi connectivity index (χ1) is 24.2. The summed E-state index contributed by atoms with van der Waals surface area (Å²) in [5.41, 5.74) is -0.896. The molecule has 1 spiro atoms. The largest absolute Gasteiger partial charge is 0.494 e. The monoisotopic (exact) mass is 686 g/mol. The van der Waals surface area contributed by atoms with Crippen molar-refractivity contribution in [3.63, 3.8) is 0 Å². The van der Waals surface area contributed by atoms with Gasteiger partial charge >= 0.3 is 0 Å². The zero-order chi connectivity index (χ0) is 35.5. The number of likely N-dealkylation sites (tertiary alicyclic amines) is 1. The van der Waals surface area contributed by atoms with Crippen LogP contribution >= 0.6 is 0 Å². The van der Waals surface area contributed by atoms with Gasteiger partial charge in [-0.1, -0.05) is 42.5 Å². The van der Waals surface area contributed by atoms with E-state index < -0.39 is 41.7 Å². The quantitative estimate of drug-likeness (QED) is 0.284. The van der Waals surface area contributed by atoms with Crippen molar-refractivity contribution in [1.29, 1.82) is 0 Å². The number of aliphatic hydroxyl groups is 1. The van der Waals surface area contributed by atoms with Crippen molar-refractivity contribution in [1.82, 2.24) is 14.7 Å². The van der Waals surface area contributed by atoms with E-state index in [2.05, 4.69) is 18.1 Å². The van der Waals surface area contributed by atoms with Gasteiger partial charge in [0, 0.05) is 45.0 Å². The molecule has 50 heavy (non-hydrogen) atoms. The number of amides is 3. The predicted octanol–water partition coefficient (Wildman–Crippen LogP) is 3.45. The molecule has 268 valence electrons. The van der Waals surface area contributed by atoms with Gasteiger partial charge in [-0.3, -0.25) is 19.3 Å². The molecule has 2 bridgehead atoms. The third kappa shape index (κ3) is 6.36. The standard InChI is InChI=1S/C39H50N4O7/c1-5-19-41(22-21-40-23-25-48-26-24-40)37(47)34-39-18-17-38(4,50-39)32(33(39)36(46)43(34)31(27-44)28-11-9-8-10-12-28)35(45)42(20-6-2)29-13-15-30(16-14-29)49-7-3/h5-6,8-16,31-34,44H,1-2,7,17-27H2,3-4H3/t31-,32+,33+,34?,38-,39?/m1/s1. The molecule has 6 rings (SSSR count). The van der Waals surface area contributed by atoms with Crippen LogP contribution in [0.1, 0.15) is 38.3 Å². The molecule has 4 saturated heterocycles. The lowest BCUT2D eigenvalue weighted by molar-refractivity contribution is -0.155. The minimum Gasteiger partial charge on any atom is -0.494 e. The maximum Gasteiger partial charge on any atom is 0.248 e. The summed E-state index contributed by atoms with van der Waals surface area (Å²) in [7, 11) is 0. The molecule has 2 unspecified atom stereocenters. The van der Waals surface area contributed by atoms with Crippen LogP contribution in [0.3, 0.4) is 0 Å². The van der Waals surface area contributed by atoms with Gasteiger partial charge in [0.2, 0.25) is 17.7 Å². The maximum absolute atomic E-state index is 15.1. The van der Waals surface area contributed by atoms with Crippen LogP contribution in [0.2, 0.25) is 0 Å². The number of ether oxygens (including phenoxy) is 3. The van der Waals surface area contributed by atoms with Crippen LogP contribution < -0.4 is 9.64 Å². The van der Waals surface area contributed by atoms with E-state index in [9.17, 15) is 9.90 Å². The minimum absolute atomic E-state index is 0.220.